The van der Waals surface area contributed by atoms with E-state index in [-0.39, 0.29) is 12.5 Å². The summed E-state index contributed by atoms with van der Waals surface area (Å²) in [6.07, 6.45) is 0. The molecular formula is C26H22ClN3OS2. The van der Waals surface area contributed by atoms with E-state index in [0.29, 0.717) is 27.1 Å². The van der Waals surface area contributed by atoms with Crippen LogP contribution >= 0.6 is 34.7 Å². The minimum Gasteiger partial charge on any atom is -0.325 e. The molecule has 1 aliphatic rings. The lowest BCUT2D eigenvalue weighted by molar-refractivity contribution is -0.121. The first-order valence-corrected chi connectivity index (χ1v) is 12.6. The Morgan fingerprint density at radius 2 is 1.94 bits per heavy atom. The van der Waals surface area contributed by atoms with E-state index in [2.05, 4.69) is 23.5 Å². The molecule has 2 heterocycles. The summed E-state index contributed by atoms with van der Waals surface area (Å²) in [5, 5.41) is 16.5. The lowest BCUT2D eigenvalue weighted by Gasteiger charge is -2.34. The van der Waals surface area contributed by atoms with Gasteiger partial charge >= 0.3 is 0 Å². The van der Waals surface area contributed by atoms with Crippen molar-refractivity contribution in [1.82, 2.24) is 0 Å². The molecule has 1 N–H and O–H groups in total. The molecule has 1 amide bonds. The number of nitriles is 1. The third-order valence-corrected chi connectivity index (χ3v) is 7.95. The number of halogens is 1. The first kappa shape index (κ1) is 23.3. The van der Waals surface area contributed by atoms with Gasteiger partial charge in [-0.05, 0) is 60.7 Å². The first-order chi connectivity index (χ1) is 15.9. The highest BCUT2D eigenvalue weighted by atomic mass is 35.5. The zero-order valence-corrected chi connectivity index (χ0v) is 20.7. The van der Waals surface area contributed by atoms with Crippen molar-refractivity contribution in [2.75, 3.05) is 11.9 Å². The molecule has 1 aromatic heterocycles. The smallest absolute Gasteiger partial charge is 0.236 e. The van der Waals surface area contributed by atoms with Gasteiger partial charge in [-0.15, -0.1) is 23.1 Å². The van der Waals surface area contributed by atoms with Crippen molar-refractivity contribution in [3.8, 4) is 6.07 Å². The molecule has 1 atom stereocenters. The fourth-order valence-electron chi connectivity index (χ4n) is 3.70. The number of aliphatic imine (C=N–C) groups is 1. The van der Waals surface area contributed by atoms with Crippen molar-refractivity contribution in [2.24, 2.45) is 10.4 Å². The highest BCUT2D eigenvalue weighted by Gasteiger charge is 2.44. The molecule has 4 nitrogen and oxygen atoms in total. The van der Waals surface area contributed by atoms with Crippen LogP contribution in [0.15, 0.2) is 76.6 Å². The Morgan fingerprint density at radius 1 is 1.21 bits per heavy atom. The average molecular weight is 492 g/mol. The van der Waals surface area contributed by atoms with Gasteiger partial charge in [-0.25, -0.2) is 0 Å². The Kier molecular flexibility index (Phi) is 7.04. The second-order valence-corrected chi connectivity index (χ2v) is 10.3. The zero-order valence-electron chi connectivity index (χ0n) is 18.3. The van der Waals surface area contributed by atoms with E-state index in [1.807, 2.05) is 43.5 Å². The number of thioether (sulfide) groups is 1. The molecule has 33 heavy (non-hydrogen) atoms. The fourth-order valence-corrected chi connectivity index (χ4v) is 5.88. The van der Waals surface area contributed by atoms with Crippen LogP contribution in [0.25, 0.3) is 5.57 Å². The summed E-state index contributed by atoms with van der Waals surface area (Å²) in [4.78, 5) is 19.3. The summed E-state index contributed by atoms with van der Waals surface area (Å²) < 4.78 is 0. The number of hydrogen-bond donors (Lipinski definition) is 1. The van der Waals surface area contributed by atoms with E-state index in [0.717, 1.165) is 21.6 Å². The monoisotopic (exact) mass is 491 g/mol. The van der Waals surface area contributed by atoms with Gasteiger partial charge < -0.3 is 5.32 Å². The number of nitrogens with zero attached hydrogens (tertiary/aromatic N) is 2. The molecule has 0 aliphatic carbocycles. The van der Waals surface area contributed by atoms with Gasteiger partial charge in [0.05, 0.1) is 17.5 Å². The fraction of sp³-hybridized carbons (Fsp3) is 0.192. The largest absolute Gasteiger partial charge is 0.325 e. The number of carbonyl (C=O) groups excluding carboxylic acids is 1. The molecule has 3 aromatic rings. The zero-order chi connectivity index (χ0) is 23.4. The van der Waals surface area contributed by atoms with Gasteiger partial charge in [0, 0.05) is 26.9 Å². The van der Waals surface area contributed by atoms with Gasteiger partial charge in [0.1, 0.15) is 11.1 Å². The van der Waals surface area contributed by atoms with Gasteiger partial charge in [0.15, 0.2) is 0 Å². The summed E-state index contributed by atoms with van der Waals surface area (Å²) in [6.45, 7) is 4.14. The number of anilines is 1. The van der Waals surface area contributed by atoms with Gasteiger partial charge in [-0.3, -0.25) is 9.79 Å². The molecule has 0 saturated heterocycles. The van der Waals surface area contributed by atoms with Gasteiger partial charge in [0.25, 0.3) is 0 Å². The quantitative estimate of drug-likeness (QED) is 0.418. The van der Waals surface area contributed by atoms with Crippen LogP contribution in [-0.2, 0) is 10.5 Å². The topological polar surface area (TPSA) is 65.2 Å². The third-order valence-electron chi connectivity index (χ3n) is 5.58. The molecule has 1 aliphatic heterocycles. The van der Waals surface area contributed by atoms with Gasteiger partial charge in [0.2, 0.25) is 5.91 Å². The van der Waals surface area contributed by atoms with Crippen molar-refractivity contribution >= 4 is 56.9 Å². The number of nitrogens with one attached hydrogen (secondary N) is 1. The lowest BCUT2D eigenvalue weighted by Crippen LogP contribution is -2.40. The molecule has 4 rings (SSSR count). The minimum absolute atomic E-state index is 0.198. The van der Waals surface area contributed by atoms with E-state index in [9.17, 15) is 10.1 Å². The van der Waals surface area contributed by atoms with E-state index in [4.69, 9.17) is 16.6 Å². The number of aryl methyl sites for hydroxylation is 1. The number of rotatable bonds is 5. The predicted octanol–water partition coefficient (Wildman–Crippen LogP) is 6.98. The van der Waals surface area contributed by atoms with Crippen molar-refractivity contribution in [1.29, 1.82) is 5.26 Å². The van der Waals surface area contributed by atoms with Crippen LogP contribution in [0.3, 0.4) is 0 Å². The SMILES string of the molecule is Cc1ccsc1C1=C(C#N)C(SCc2ccccc2)=NCC1(C)C(=O)Nc1ccc(Cl)cc1. The van der Waals surface area contributed by atoms with Crippen molar-refractivity contribution in [2.45, 2.75) is 19.6 Å². The molecule has 0 fully saturated rings. The summed E-state index contributed by atoms with van der Waals surface area (Å²) in [7, 11) is 0. The molecule has 0 radical (unpaired) electrons. The van der Waals surface area contributed by atoms with Crippen LogP contribution in [0.4, 0.5) is 5.69 Å². The lowest BCUT2D eigenvalue weighted by atomic mass is 9.75. The Bertz CT molecular complexity index is 1270. The molecule has 0 spiro atoms. The average Bonchev–Trinajstić information content (AvgIpc) is 3.25. The predicted molar refractivity (Wildman–Crippen MR) is 140 cm³/mol. The highest BCUT2D eigenvalue weighted by molar-refractivity contribution is 8.13. The number of dihydropyridines is 1. The molecular weight excluding hydrogens is 470 g/mol. The van der Waals surface area contributed by atoms with Crippen LogP contribution in [0.2, 0.25) is 5.02 Å². The molecule has 2 aromatic carbocycles. The summed E-state index contributed by atoms with van der Waals surface area (Å²) in [5.74, 6) is 0.506. The van der Waals surface area contributed by atoms with Gasteiger partial charge in [-0.2, -0.15) is 5.26 Å². The normalized spacial score (nSPS) is 17.9. The highest BCUT2D eigenvalue weighted by Crippen LogP contribution is 2.46. The number of carbonyl (C=O) groups is 1. The maximum Gasteiger partial charge on any atom is 0.236 e. The minimum atomic E-state index is -0.989. The Labute approximate surface area is 207 Å². The van der Waals surface area contributed by atoms with Crippen molar-refractivity contribution in [3.05, 3.63) is 92.6 Å². The molecule has 0 saturated carbocycles. The maximum absolute atomic E-state index is 13.6. The first-order valence-electron chi connectivity index (χ1n) is 10.4. The van der Waals surface area contributed by atoms with Crippen LogP contribution in [0.5, 0.6) is 0 Å². The standard InChI is InChI=1S/C26H22ClN3OS2/c1-17-12-13-32-23(17)22-21(14-28)24(33-15-18-6-4-3-5-7-18)29-16-26(22,2)25(31)30-20-10-8-19(27)9-11-20/h3-13H,15-16H2,1-2H3,(H,30,31). The van der Waals surface area contributed by atoms with E-state index >= 15 is 0 Å². The Balaban J connectivity index is 1.72. The van der Waals surface area contributed by atoms with Crippen molar-refractivity contribution < 1.29 is 4.79 Å². The third kappa shape index (κ3) is 4.91. The number of amides is 1. The second kappa shape index (κ2) is 9.96. The van der Waals surface area contributed by atoms with Crippen molar-refractivity contribution in [3.63, 3.8) is 0 Å². The van der Waals surface area contributed by atoms with Gasteiger partial charge in [-0.1, -0.05) is 41.9 Å². The van der Waals surface area contributed by atoms with Crippen LogP contribution < -0.4 is 5.32 Å². The van der Waals surface area contributed by atoms with Crippen LogP contribution in [0.1, 0.15) is 22.9 Å². The number of hydrogen-bond acceptors (Lipinski definition) is 5. The number of benzene rings is 2. The van der Waals surface area contributed by atoms with E-state index in [1.54, 1.807) is 35.6 Å². The van der Waals surface area contributed by atoms with E-state index < -0.39 is 5.41 Å². The molecule has 1 unspecified atom stereocenters. The Morgan fingerprint density at radius 3 is 2.58 bits per heavy atom. The summed E-state index contributed by atoms with van der Waals surface area (Å²) in [5.41, 5.74) is 3.08. The van der Waals surface area contributed by atoms with E-state index in [1.165, 1.54) is 11.8 Å². The second-order valence-electron chi connectivity index (χ2n) is 7.98. The van der Waals surface area contributed by atoms with Crippen LogP contribution in [0, 0.1) is 23.7 Å². The Hall–Kier alpha value is -2.85. The maximum atomic E-state index is 13.6. The summed E-state index contributed by atoms with van der Waals surface area (Å²) >= 11 is 9.07. The molecule has 7 heteroatoms. The summed E-state index contributed by atoms with van der Waals surface area (Å²) in [6, 6.07) is 21.5. The van der Waals surface area contributed by atoms with Crippen LogP contribution in [-0.4, -0.2) is 17.5 Å². The molecule has 166 valence electrons. The molecule has 0 bridgehead atoms. The number of thiophene rings is 1.